The van der Waals surface area contributed by atoms with Crippen LogP contribution in [0.1, 0.15) is 48.5 Å². The van der Waals surface area contributed by atoms with E-state index in [0.717, 1.165) is 31.8 Å². The fourth-order valence-corrected chi connectivity index (χ4v) is 2.74. The first-order chi connectivity index (χ1) is 9.11. The fraction of sp³-hybridized carbons (Fsp3) is 0.562. The maximum atomic E-state index is 13.2. The molecule has 0 saturated carbocycles. The molecule has 1 aromatic rings. The van der Waals surface area contributed by atoms with Crippen LogP contribution in [0.5, 0.6) is 0 Å². The van der Waals surface area contributed by atoms with Crippen LogP contribution in [0.15, 0.2) is 18.2 Å². The van der Waals surface area contributed by atoms with Crippen molar-refractivity contribution in [1.82, 2.24) is 4.90 Å². The van der Waals surface area contributed by atoms with Gasteiger partial charge in [0.2, 0.25) is 0 Å². The van der Waals surface area contributed by atoms with Crippen molar-refractivity contribution in [3.8, 4) is 0 Å². The van der Waals surface area contributed by atoms with Crippen molar-refractivity contribution >= 4 is 5.91 Å². The van der Waals surface area contributed by atoms with E-state index in [1.54, 1.807) is 19.1 Å². The molecule has 0 bridgehead atoms. The molecule has 0 N–H and O–H groups in total. The molecule has 19 heavy (non-hydrogen) atoms. The summed E-state index contributed by atoms with van der Waals surface area (Å²) in [5.74, 6) is 0.533. The number of aryl methyl sites for hydroxylation is 1. The summed E-state index contributed by atoms with van der Waals surface area (Å²) in [6.07, 6.45) is 4.56. The Hall–Kier alpha value is -1.38. The molecule has 1 saturated heterocycles. The second-order valence-electron chi connectivity index (χ2n) is 5.46. The van der Waals surface area contributed by atoms with Crippen LogP contribution < -0.4 is 0 Å². The molecule has 0 radical (unpaired) electrons. The molecule has 1 aromatic carbocycles. The summed E-state index contributed by atoms with van der Waals surface area (Å²) in [6, 6.07) is 4.63. The average Bonchev–Trinajstić information content (AvgIpc) is 2.66. The van der Waals surface area contributed by atoms with E-state index in [-0.39, 0.29) is 11.7 Å². The van der Waals surface area contributed by atoms with E-state index in [9.17, 15) is 9.18 Å². The van der Waals surface area contributed by atoms with Crippen LogP contribution in [0.25, 0.3) is 0 Å². The predicted octanol–water partition coefficient (Wildman–Crippen LogP) is 3.79. The minimum absolute atomic E-state index is 0.0415. The largest absolute Gasteiger partial charge is 0.339 e. The fourth-order valence-electron chi connectivity index (χ4n) is 2.74. The van der Waals surface area contributed by atoms with Crippen LogP contribution in [0.3, 0.4) is 0 Å². The number of hydrogen-bond acceptors (Lipinski definition) is 1. The van der Waals surface area contributed by atoms with Crippen molar-refractivity contribution in [2.75, 3.05) is 13.1 Å². The van der Waals surface area contributed by atoms with E-state index < -0.39 is 0 Å². The predicted molar refractivity (Wildman–Crippen MR) is 74.7 cm³/mol. The Bertz CT molecular complexity index is 458. The first kappa shape index (κ1) is 14.0. The van der Waals surface area contributed by atoms with Gasteiger partial charge in [-0.1, -0.05) is 13.3 Å². The summed E-state index contributed by atoms with van der Waals surface area (Å²) >= 11 is 0. The molecule has 2 rings (SSSR count). The summed E-state index contributed by atoms with van der Waals surface area (Å²) in [7, 11) is 0. The lowest BCUT2D eigenvalue weighted by Crippen LogP contribution is -2.32. The van der Waals surface area contributed by atoms with Gasteiger partial charge in [0.05, 0.1) is 0 Å². The molecule has 0 aliphatic carbocycles. The third kappa shape index (κ3) is 3.34. The van der Waals surface area contributed by atoms with Gasteiger partial charge < -0.3 is 4.90 Å². The average molecular weight is 263 g/mol. The molecule has 1 unspecified atom stereocenters. The maximum absolute atomic E-state index is 13.2. The number of benzene rings is 1. The zero-order chi connectivity index (χ0) is 13.8. The Morgan fingerprint density at radius 3 is 2.84 bits per heavy atom. The quantitative estimate of drug-likeness (QED) is 0.795. The van der Waals surface area contributed by atoms with Gasteiger partial charge in [-0.15, -0.1) is 0 Å². The number of halogens is 1. The van der Waals surface area contributed by atoms with Gasteiger partial charge in [-0.2, -0.15) is 0 Å². The highest BCUT2D eigenvalue weighted by molar-refractivity contribution is 5.94. The first-order valence-corrected chi connectivity index (χ1v) is 7.17. The van der Waals surface area contributed by atoms with Gasteiger partial charge in [0.25, 0.3) is 5.91 Å². The third-order valence-electron chi connectivity index (χ3n) is 4.12. The number of rotatable bonds is 2. The van der Waals surface area contributed by atoms with Gasteiger partial charge in [-0.05, 0) is 55.9 Å². The van der Waals surface area contributed by atoms with Gasteiger partial charge in [-0.25, -0.2) is 4.39 Å². The standard InChI is InChI=1S/C16H22FNO/c1-3-13-5-4-9-18(10-8-13)16(19)14-6-7-15(17)12(2)11-14/h6-7,11,13H,3-5,8-10H2,1-2H3. The zero-order valence-corrected chi connectivity index (χ0v) is 11.8. The summed E-state index contributed by atoms with van der Waals surface area (Å²) in [4.78, 5) is 14.3. The Morgan fingerprint density at radius 2 is 2.16 bits per heavy atom. The number of nitrogens with zero attached hydrogens (tertiary/aromatic N) is 1. The third-order valence-corrected chi connectivity index (χ3v) is 4.12. The van der Waals surface area contributed by atoms with Crippen molar-refractivity contribution in [2.45, 2.75) is 39.5 Å². The molecule has 1 aliphatic rings. The number of carbonyl (C=O) groups is 1. The molecule has 0 spiro atoms. The van der Waals surface area contributed by atoms with Crippen LogP contribution in [0.4, 0.5) is 4.39 Å². The lowest BCUT2D eigenvalue weighted by molar-refractivity contribution is 0.0760. The first-order valence-electron chi connectivity index (χ1n) is 7.17. The van der Waals surface area contributed by atoms with E-state index in [0.29, 0.717) is 11.1 Å². The number of carbonyl (C=O) groups excluding carboxylic acids is 1. The van der Waals surface area contributed by atoms with E-state index in [1.165, 1.54) is 18.9 Å². The summed E-state index contributed by atoms with van der Waals surface area (Å²) in [5, 5.41) is 0. The Kier molecular flexibility index (Phi) is 4.56. The number of hydrogen-bond donors (Lipinski definition) is 0. The lowest BCUT2D eigenvalue weighted by atomic mass is 9.98. The Labute approximate surface area is 114 Å². The van der Waals surface area contributed by atoms with E-state index in [4.69, 9.17) is 0 Å². The van der Waals surface area contributed by atoms with Gasteiger partial charge in [0.1, 0.15) is 5.82 Å². The molecule has 1 fully saturated rings. The summed E-state index contributed by atoms with van der Waals surface area (Å²) in [6.45, 7) is 5.56. The number of amides is 1. The highest BCUT2D eigenvalue weighted by atomic mass is 19.1. The minimum atomic E-state index is -0.251. The molecule has 1 heterocycles. The van der Waals surface area contributed by atoms with Crippen molar-refractivity contribution in [3.63, 3.8) is 0 Å². The highest BCUT2D eigenvalue weighted by Crippen LogP contribution is 2.21. The second-order valence-corrected chi connectivity index (χ2v) is 5.46. The van der Waals surface area contributed by atoms with E-state index in [1.807, 2.05) is 4.90 Å². The monoisotopic (exact) mass is 263 g/mol. The van der Waals surface area contributed by atoms with Gasteiger partial charge in [0.15, 0.2) is 0 Å². The van der Waals surface area contributed by atoms with Crippen molar-refractivity contribution in [3.05, 3.63) is 35.1 Å². The molecule has 1 atom stereocenters. The Balaban J connectivity index is 2.08. The molecule has 3 heteroatoms. The summed E-state index contributed by atoms with van der Waals surface area (Å²) in [5.41, 5.74) is 1.14. The van der Waals surface area contributed by atoms with E-state index in [2.05, 4.69) is 6.92 Å². The van der Waals surface area contributed by atoms with Crippen LogP contribution in [0, 0.1) is 18.7 Å². The topological polar surface area (TPSA) is 20.3 Å². The van der Waals surface area contributed by atoms with Crippen molar-refractivity contribution in [1.29, 1.82) is 0 Å². The molecule has 1 amide bonds. The molecular formula is C16H22FNO. The molecule has 1 aliphatic heterocycles. The maximum Gasteiger partial charge on any atom is 0.253 e. The van der Waals surface area contributed by atoms with E-state index >= 15 is 0 Å². The lowest BCUT2D eigenvalue weighted by Gasteiger charge is -2.21. The summed E-state index contributed by atoms with van der Waals surface area (Å²) < 4.78 is 13.2. The molecule has 0 aromatic heterocycles. The van der Waals surface area contributed by atoms with Crippen molar-refractivity contribution in [2.24, 2.45) is 5.92 Å². The van der Waals surface area contributed by atoms with Gasteiger partial charge in [-0.3, -0.25) is 4.79 Å². The van der Waals surface area contributed by atoms with Crippen LogP contribution >= 0.6 is 0 Å². The molecular weight excluding hydrogens is 241 g/mol. The SMILES string of the molecule is CCC1CCCN(C(=O)c2ccc(F)c(C)c2)CC1. The van der Waals surface area contributed by atoms with Crippen LogP contribution in [0.2, 0.25) is 0 Å². The van der Waals surface area contributed by atoms with Gasteiger partial charge >= 0.3 is 0 Å². The van der Waals surface area contributed by atoms with Crippen LogP contribution in [-0.2, 0) is 0 Å². The zero-order valence-electron chi connectivity index (χ0n) is 11.8. The highest BCUT2D eigenvalue weighted by Gasteiger charge is 2.21. The molecule has 2 nitrogen and oxygen atoms in total. The van der Waals surface area contributed by atoms with Crippen molar-refractivity contribution < 1.29 is 9.18 Å². The second kappa shape index (κ2) is 6.18. The smallest absolute Gasteiger partial charge is 0.253 e. The Morgan fingerprint density at radius 1 is 1.37 bits per heavy atom. The normalized spacial score (nSPS) is 20.2. The minimum Gasteiger partial charge on any atom is -0.339 e. The molecule has 104 valence electrons. The van der Waals surface area contributed by atoms with Crippen LogP contribution in [-0.4, -0.2) is 23.9 Å². The number of likely N-dealkylation sites (tertiary alicyclic amines) is 1. The van der Waals surface area contributed by atoms with Gasteiger partial charge in [0, 0.05) is 18.7 Å².